The van der Waals surface area contributed by atoms with Gasteiger partial charge in [-0.15, -0.1) is 0 Å². The predicted octanol–water partition coefficient (Wildman–Crippen LogP) is 2.76. The van der Waals surface area contributed by atoms with E-state index in [9.17, 15) is 19.2 Å². The van der Waals surface area contributed by atoms with Crippen LogP contribution < -0.4 is 10.1 Å². The molecule has 10 heteroatoms. The number of imide groups is 1. The van der Waals surface area contributed by atoms with E-state index in [0.29, 0.717) is 12.1 Å². The molecule has 0 saturated carbocycles. The Morgan fingerprint density at radius 2 is 2.11 bits per heavy atom. The minimum Gasteiger partial charge on any atom is -0.480 e. The fourth-order valence-electron chi connectivity index (χ4n) is 2.26. The van der Waals surface area contributed by atoms with Gasteiger partial charge >= 0.3 is 5.97 Å². The maximum absolute atomic E-state index is 12.4. The number of carbonyl (C=O) groups excluding carboxylic acids is 3. The number of hydrogen-bond acceptors (Lipinski definition) is 6. The normalized spacial score (nSPS) is 15.2. The number of benzene rings is 1. The number of halogens is 1. The summed E-state index contributed by atoms with van der Waals surface area (Å²) in [7, 11) is 0. The number of nitrogens with zero attached hydrogens (tertiary/aromatic N) is 1. The summed E-state index contributed by atoms with van der Waals surface area (Å²) in [5.74, 6) is -1.88. The van der Waals surface area contributed by atoms with Crippen LogP contribution in [0.15, 0.2) is 23.1 Å². The van der Waals surface area contributed by atoms with Gasteiger partial charge in [0.1, 0.15) is 12.3 Å². The SMILES string of the molecule is CCCCNC(=O)CN1C(=O)S/C(=C\c2ccc(OCC(=O)O)c(Cl)c2)C1=O. The van der Waals surface area contributed by atoms with Crippen molar-refractivity contribution in [1.82, 2.24) is 10.2 Å². The van der Waals surface area contributed by atoms with Gasteiger partial charge < -0.3 is 15.2 Å². The van der Waals surface area contributed by atoms with E-state index < -0.39 is 23.7 Å². The van der Waals surface area contributed by atoms with Crippen molar-refractivity contribution in [2.45, 2.75) is 19.8 Å². The van der Waals surface area contributed by atoms with Crippen LogP contribution in [-0.4, -0.2) is 52.7 Å². The highest BCUT2D eigenvalue weighted by molar-refractivity contribution is 8.18. The average Bonchev–Trinajstić information content (AvgIpc) is 2.88. The van der Waals surface area contributed by atoms with Crippen LogP contribution in [0.4, 0.5) is 4.79 Å². The molecular formula is C18H19ClN2O6S. The molecule has 1 aromatic rings. The van der Waals surface area contributed by atoms with E-state index in [-0.39, 0.29) is 28.1 Å². The number of carboxylic acid groups (broad SMARTS) is 1. The van der Waals surface area contributed by atoms with E-state index in [1.165, 1.54) is 18.2 Å². The summed E-state index contributed by atoms with van der Waals surface area (Å²) < 4.78 is 5.03. The van der Waals surface area contributed by atoms with Gasteiger partial charge in [0, 0.05) is 6.54 Å². The highest BCUT2D eigenvalue weighted by Crippen LogP contribution is 2.33. The summed E-state index contributed by atoms with van der Waals surface area (Å²) in [6, 6.07) is 4.54. The van der Waals surface area contributed by atoms with E-state index in [0.717, 1.165) is 29.5 Å². The van der Waals surface area contributed by atoms with Gasteiger partial charge in [-0.25, -0.2) is 4.79 Å². The summed E-state index contributed by atoms with van der Waals surface area (Å²) in [6.45, 7) is 1.63. The van der Waals surface area contributed by atoms with E-state index >= 15 is 0 Å². The van der Waals surface area contributed by atoms with Crippen molar-refractivity contribution in [2.75, 3.05) is 19.7 Å². The van der Waals surface area contributed by atoms with Gasteiger partial charge in [-0.1, -0.05) is 31.0 Å². The molecule has 0 aliphatic carbocycles. The molecule has 150 valence electrons. The molecule has 2 rings (SSSR count). The van der Waals surface area contributed by atoms with E-state index in [1.54, 1.807) is 6.07 Å². The number of thioether (sulfide) groups is 1. The smallest absolute Gasteiger partial charge is 0.341 e. The molecule has 8 nitrogen and oxygen atoms in total. The number of amides is 3. The molecule has 1 fully saturated rings. The number of hydrogen-bond donors (Lipinski definition) is 2. The van der Waals surface area contributed by atoms with Crippen molar-refractivity contribution in [2.24, 2.45) is 0 Å². The molecular weight excluding hydrogens is 408 g/mol. The number of unbranched alkanes of at least 4 members (excludes halogenated alkanes) is 1. The van der Waals surface area contributed by atoms with Gasteiger partial charge in [-0.3, -0.25) is 19.3 Å². The Morgan fingerprint density at radius 3 is 2.75 bits per heavy atom. The van der Waals surface area contributed by atoms with E-state index in [4.69, 9.17) is 21.4 Å². The lowest BCUT2D eigenvalue weighted by Gasteiger charge is -2.12. The van der Waals surface area contributed by atoms with Crippen molar-refractivity contribution in [1.29, 1.82) is 0 Å². The van der Waals surface area contributed by atoms with Crippen LogP contribution in [0.1, 0.15) is 25.3 Å². The monoisotopic (exact) mass is 426 g/mol. The molecule has 0 aromatic heterocycles. The van der Waals surface area contributed by atoms with Crippen molar-refractivity contribution in [3.05, 3.63) is 33.7 Å². The maximum Gasteiger partial charge on any atom is 0.341 e. The second kappa shape index (κ2) is 10.1. The van der Waals surface area contributed by atoms with Crippen LogP contribution in [-0.2, 0) is 14.4 Å². The van der Waals surface area contributed by atoms with Crippen molar-refractivity contribution < 1.29 is 29.0 Å². The summed E-state index contributed by atoms with van der Waals surface area (Å²) in [5, 5.41) is 10.9. The minimum absolute atomic E-state index is 0.168. The molecule has 0 unspecified atom stereocenters. The van der Waals surface area contributed by atoms with Crippen LogP contribution in [0.2, 0.25) is 5.02 Å². The number of nitrogens with one attached hydrogen (secondary N) is 1. The third kappa shape index (κ3) is 6.00. The predicted molar refractivity (Wildman–Crippen MR) is 105 cm³/mol. The highest BCUT2D eigenvalue weighted by atomic mass is 35.5. The molecule has 2 N–H and O–H groups in total. The molecule has 1 aliphatic rings. The topological polar surface area (TPSA) is 113 Å². The Kier molecular flexibility index (Phi) is 7.89. The summed E-state index contributed by atoms with van der Waals surface area (Å²) in [4.78, 5) is 48.0. The zero-order chi connectivity index (χ0) is 20.7. The van der Waals surface area contributed by atoms with Gasteiger partial charge in [0.2, 0.25) is 5.91 Å². The Labute approximate surface area is 170 Å². The fraction of sp³-hybridized carbons (Fsp3) is 0.333. The lowest BCUT2D eigenvalue weighted by Crippen LogP contribution is -2.39. The van der Waals surface area contributed by atoms with Crippen molar-refractivity contribution in [3.8, 4) is 5.75 Å². The lowest BCUT2D eigenvalue weighted by molar-refractivity contribution is -0.139. The van der Waals surface area contributed by atoms with Crippen molar-refractivity contribution >= 4 is 52.5 Å². The first-order valence-electron chi connectivity index (χ1n) is 8.48. The molecule has 0 bridgehead atoms. The number of carboxylic acids is 1. The molecule has 1 aromatic carbocycles. The number of rotatable bonds is 9. The summed E-state index contributed by atoms with van der Waals surface area (Å²) in [6.07, 6.45) is 3.22. The quantitative estimate of drug-likeness (QED) is 0.461. The van der Waals surface area contributed by atoms with Crippen LogP contribution in [0.25, 0.3) is 6.08 Å². The molecule has 1 heterocycles. The van der Waals surface area contributed by atoms with Crippen molar-refractivity contribution in [3.63, 3.8) is 0 Å². The van der Waals surface area contributed by atoms with Gasteiger partial charge in [0.25, 0.3) is 11.1 Å². The molecule has 28 heavy (non-hydrogen) atoms. The fourth-order valence-corrected chi connectivity index (χ4v) is 3.34. The van der Waals surface area contributed by atoms with Crippen LogP contribution >= 0.6 is 23.4 Å². The largest absolute Gasteiger partial charge is 0.480 e. The first kappa shape index (κ1) is 21.8. The Balaban J connectivity index is 2.05. The van der Waals surface area contributed by atoms with Gasteiger partial charge in [0.15, 0.2) is 6.61 Å². The second-order valence-electron chi connectivity index (χ2n) is 5.84. The summed E-state index contributed by atoms with van der Waals surface area (Å²) in [5.41, 5.74) is 0.533. The maximum atomic E-state index is 12.4. The minimum atomic E-state index is -1.13. The molecule has 1 saturated heterocycles. The molecule has 1 aliphatic heterocycles. The Bertz CT molecular complexity index is 826. The number of ether oxygens (including phenoxy) is 1. The van der Waals surface area contributed by atoms with E-state index in [1.807, 2.05) is 6.92 Å². The third-order valence-electron chi connectivity index (χ3n) is 3.63. The first-order chi connectivity index (χ1) is 13.3. The molecule has 0 spiro atoms. The Morgan fingerprint density at radius 1 is 1.36 bits per heavy atom. The molecule has 0 atom stereocenters. The first-order valence-corrected chi connectivity index (χ1v) is 9.67. The van der Waals surface area contributed by atoms with Crippen LogP contribution in [0.3, 0.4) is 0 Å². The lowest BCUT2D eigenvalue weighted by atomic mass is 10.2. The number of aliphatic carboxylic acids is 1. The van der Waals surface area contributed by atoms with Gasteiger partial charge in [-0.05, 0) is 42.0 Å². The zero-order valence-corrected chi connectivity index (χ0v) is 16.6. The van der Waals surface area contributed by atoms with Gasteiger partial charge in [0.05, 0.1) is 9.93 Å². The third-order valence-corrected chi connectivity index (χ3v) is 4.84. The Hall–Kier alpha value is -2.52. The molecule has 3 amide bonds. The molecule has 0 radical (unpaired) electrons. The second-order valence-corrected chi connectivity index (χ2v) is 7.24. The van der Waals surface area contributed by atoms with E-state index in [2.05, 4.69) is 5.32 Å². The van der Waals surface area contributed by atoms with Gasteiger partial charge in [-0.2, -0.15) is 0 Å². The highest BCUT2D eigenvalue weighted by Gasteiger charge is 2.36. The zero-order valence-electron chi connectivity index (χ0n) is 15.1. The number of carbonyl (C=O) groups is 4. The standard InChI is InChI=1S/C18H19ClN2O6S/c1-2-3-6-20-15(22)9-21-17(25)14(28-18(21)26)8-11-4-5-13(12(19)7-11)27-10-16(23)24/h4-5,7-8H,2-3,6,9-10H2,1H3,(H,20,22)(H,23,24)/b14-8-. The van der Waals surface area contributed by atoms with Crippen LogP contribution in [0.5, 0.6) is 5.75 Å². The van der Waals surface area contributed by atoms with Crippen LogP contribution in [0, 0.1) is 0 Å². The summed E-state index contributed by atoms with van der Waals surface area (Å²) >= 11 is 6.79. The average molecular weight is 427 g/mol.